The lowest BCUT2D eigenvalue weighted by Crippen LogP contribution is -2.05. The van der Waals surface area contributed by atoms with Crippen molar-refractivity contribution in [1.82, 2.24) is 0 Å². The van der Waals surface area contributed by atoms with Crippen LogP contribution in [0.4, 0.5) is 0 Å². The van der Waals surface area contributed by atoms with E-state index in [9.17, 15) is 9.90 Å². The minimum atomic E-state index is -0.161. The van der Waals surface area contributed by atoms with E-state index in [2.05, 4.69) is 15.9 Å². The number of nitriles is 1. The topological polar surface area (TPSA) is 61.1 Å². The molecule has 0 saturated heterocycles. The van der Waals surface area contributed by atoms with E-state index < -0.39 is 0 Å². The molecule has 0 aliphatic carbocycles. The first kappa shape index (κ1) is 11.5. The van der Waals surface area contributed by atoms with Crippen molar-refractivity contribution in [2.45, 2.75) is 0 Å². The summed E-state index contributed by atoms with van der Waals surface area (Å²) in [6.07, 6.45) is 0. The summed E-state index contributed by atoms with van der Waals surface area (Å²) in [5, 5.41) is 18.2. The molecule has 0 spiro atoms. The third kappa shape index (κ3) is 2.25. The number of hydrogen-bond acceptors (Lipinski definition) is 3. The summed E-state index contributed by atoms with van der Waals surface area (Å²) in [5.74, 6) is -0.164. The smallest absolute Gasteiger partial charge is 0.175 e. The lowest BCUT2D eigenvalue weighted by molar-refractivity contribution is 0.102. The van der Waals surface area contributed by atoms with Gasteiger partial charge in [0.05, 0.1) is 10.9 Å². The van der Waals surface area contributed by atoms with Crippen LogP contribution in [0.2, 0.25) is 0 Å². The molecule has 0 aliphatic heterocycles. The fraction of sp³-hybridized carbons (Fsp3) is 0.111. The number of alkyl halides is 1. The summed E-state index contributed by atoms with van der Waals surface area (Å²) in [7, 11) is 0. The molecule has 1 aromatic rings. The monoisotopic (exact) mass is 365 g/mol. The molecule has 1 rings (SSSR count). The Morgan fingerprint density at radius 2 is 2.29 bits per heavy atom. The van der Waals surface area contributed by atoms with Gasteiger partial charge in [-0.25, -0.2) is 0 Å². The van der Waals surface area contributed by atoms with Gasteiger partial charge in [0.15, 0.2) is 5.78 Å². The van der Waals surface area contributed by atoms with Crippen LogP contribution in [-0.4, -0.2) is 16.2 Å². The Kier molecular flexibility index (Phi) is 3.89. The maximum absolute atomic E-state index is 11.4. The summed E-state index contributed by atoms with van der Waals surface area (Å²) in [5.41, 5.74) is 0.571. The predicted octanol–water partition coefficient (Wildman–Crippen LogP) is 2.45. The minimum Gasteiger partial charge on any atom is -0.508 e. The average Bonchev–Trinajstić information content (AvgIpc) is 2.15. The highest BCUT2D eigenvalue weighted by atomic mass is 127. The van der Waals surface area contributed by atoms with Crippen molar-refractivity contribution in [2.24, 2.45) is 0 Å². The zero-order valence-electron chi connectivity index (χ0n) is 6.92. The second-order valence-corrected chi connectivity index (χ2v) is 4.24. The number of rotatable bonds is 2. The number of carbonyl (C=O) groups excluding carboxylic acids is 1. The fourth-order valence-electron chi connectivity index (χ4n) is 1.03. The molecular formula is C9H5BrINO2. The van der Waals surface area contributed by atoms with Gasteiger partial charge in [-0.2, -0.15) is 5.26 Å². The van der Waals surface area contributed by atoms with Gasteiger partial charge in [-0.05, 0) is 34.7 Å². The van der Waals surface area contributed by atoms with Crippen molar-refractivity contribution in [3.63, 3.8) is 0 Å². The number of carbonyl (C=O) groups is 1. The second-order valence-electron chi connectivity index (χ2n) is 2.52. The Labute approximate surface area is 103 Å². The van der Waals surface area contributed by atoms with Gasteiger partial charge in [0.25, 0.3) is 0 Å². The number of benzene rings is 1. The predicted molar refractivity (Wildman–Crippen MR) is 63.7 cm³/mol. The van der Waals surface area contributed by atoms with E-state index in [1.807, 2.05) is 28.7 Å². The van der Waals surface area contributed by atoms with Gasteiger partial charge in [-0.15, -0.1) is 0 Å². The number of halogens is 2. The largest absolute Gasteiger partial charge is 0.508 e. The molecule has 3 nitrogen and oxygen atoms in total. The van der Waals surface area contributed by atoms with E-state index in [1.165, 1.54) is 12.1 Å². The summed E-state index contributed by atoms with van der Waals surface area (Å²) in [6, 6.07) is 4.63. The maximum Gasteiger partial charge on any atom is 0.175 e. The van der Waals surface area contributed by atoms with E-state index in [0.29, 0.717) is 9.13 Å². The van der Waals surface area contributed by atoms with E-state index in [4.69, 9.17) is 5.26 Å². The van der Waals surface area contributed by atoms with Gasteiger partial charge < -0.3 is 5.11 Å². The zero-order valence-corrected chi connectivity index (χ0v) is 10.7. The Morgan fingerprint density at radius 1 is 1.64 bits per heavy atom. The van der Waals surface area contributed by atoms with Gasteiger partial charge in [0.1, 0.15) is 11.8 Å². The Bertz CT molecular complexity index is 426. The molecule has 14 heavy (non-hydrogen) atoms. The Balaban J connectivity index is 3.42. The number of Topliss-reactive ketones (excluding diaryl/α,β-unsaturated/α-hetero) is 1. The molecule has 72 valence electrons. The standard InChI is InChI=1S/C9H5BrINO2/c10-3-8(14)9-5(4-12)1-6(13)2-7(9)11/h1-2,13H,3H2. The third-order valence-corrected chi connectivity index (χ3v) is 2.96. The fourth-order valence-corrected chi connectivity index (χ4v) is 2.22. The number of aromatic hydroxyl groups is 1. The highest BCUT2D eigenvalue weighted by molar-refractivity contribution is 14.1. The van der Waals surface area contributed by atoms with E-state index >= 15 is 0 Å². The van der Waals surface area contributed by atoms with Crippen molar-refractivity contribution in [3.8, 4) is 11.8 Å². The lowest BCUT2D eigenvalue weighted by Gasteiger charge is -2.04. The number of ketones is 1. The first-order chi connectivity index (χ1) is 6.60. The molecule has 0 heterocycles. The van der Waals surface area contributed by atoms with Crippen molar-refractivity contribution in [2.75, 3.05) is 5.33 Å². The van der Waals surface area contributed by atoms with Crippen LogP contribution in [-0.2, 0) is 0 Å². The van der Waals surface area contributed by atoms with Crippen molar-refractivity contribution < 1.29 is 9.90 Å². The molecule has 0 atom stereocenters. The van der Waals surface area contributed by atoms with E-state index in [1.54, 1.807) is 0 Å². The first-order valence-corrected chi connectivity index (χ1v) is 5.82. The zero-order chi connectivity index (χ0) is 10.7. The molecule has 0 radical (unpaired) electrons. The summed E-state index contributed by atoms with van der Waals surface area (Å²) >= 11 is 4.96. The summed E-state index contributed by atoms with van der Waals surface area (Å²) < 4.78 is 0.587. The highest BCUT2D eigenvalue weighted by Crippen LogP contribution is 2.23. The normalized spacial score (nSPS) is 9.50. The summed E-state index contributed by atoms with van der Waals surface area (Å²) in [6.45, 7) is 0. The maximum atomic E-state index is 11.4. The average molecular weight is 366 g/mol. The molecule has 0 unspecified atom stereocenters. The second kappa shape index (κ2) is 4.75. The molecule has 0 amide bonds. The molecule has 0 saturated carbocycles. The number of phenolic OH excluding ortho intramolecular Hbond substituents is 1. The van der Waals surface area contributed by atoms with E-state index in [-0.39, 0.29) is 22.4 Å². The van der Waals surface area contributed by atoms with Crippen LogP contribution < -0.4 is 0 Å². The molecule has 5 heteroatoms. The minimum absolute atomic E-state index is 0.00271. The lowest BCUT2D eigenvalue weighted by atomic mass is 10.1. The van der Waals surface area contributed by atoms with Crippen LogP contribution in [0.25, 0.3) is 0 Å². The van der Waals surface area contributed by atoms with E-state index in [0.717, 1.165) is 0 Å². The van der Waals surface area contributed by atoms with Crippen LogP contribution in [0.15, 0.2) is 12.1 Å². The number of phenols is 1. The van der Waals surface area contributed by atoms with Crippen LogP contribution in [0.3, 0.4) is 0 Å². The molecule has 0 aliphatic rings. The van der Waals surface area contributed by atoms with Gasteiger partial charge in [-0.1, -0.05) is 15.9 Å². The molecule has 1 N–H and O–H groups in total. The Hall–Kier alpha value is -0.610. The number of hydrogen-bond donors (Lipinski definition) is 1. The molecule has 1 aromatic carbocycles. The van der Waals surface area contributed by atoms with Crippen LogP contribution >= 0.6 is 38.5 Å². The SMILES string of the molecule is N#Cc1cc(O)cc(I)c1C(=O)CBr. The molecule has 0 bridgehead atoms. The van der Waals surface area contributed by atoms with Crippen LogP contribution in [0.1, 0.15) is 15.9 Å². The van der Waals surface area contributed by atoms with Crippen LogP contribution in [0.5, 0.6) is 5.75 Å². The number of nitrogens with zero attached hydrogens (tertiary/aromatic N) is 1. The van der Waals surface area contributed by atoms with Crippen molar-refractivity contribution >= 4 is 44.3 Å². The van der Waals surface area contributed by atoms with Gasteiger partial charge in [-0.3, -0.25) is 4.79 Å². The van der Waals surface area contributed by atoms with Crippen molar-refractivity contribution in [3.05, 3.63) is 26.8 Å². The third-order valence-electron chi connectivity index (χ3n) is 1.60. The Morgan fingerprint density at radius 3 is 2.79 bits per heavy atom. The first-order valence-electron chi connectivity index (χ1n) is 3.62. The molecule has 0 aromatic heterocycles. The van der Waals surface area contributed by atoms with Gasteiger partial charge in [0, 0.05) is 9.13 Å². The molecular weight excluding hydrogens is 361 g/mol. The summed E-state index contributed by atoms with van der Waals surface area (Å²) in [4.78, 5) is 11.4. The quantitative estimate of drug-likeness (QED) is 0.497. The highest BCUT2D eigenvalue weighted by Gasteiger charge is 2.15. The van der Waals surface area contributed by atoms with Crippen molar-refractivity contribution in [1.29, 1.82) is 5.26 Å². The van der Waals surface area contributed by atoms with Crippen LogP contribution in [0, 0.1) is 14.9 Å². The van der Waals surface area contributed by atoms with Gasteiger partial charge >= 0.3 is 0 Å². The molecule has 0 fully saturated rings. The van der Waals surface area contributed by atoms with Gasteiger partial charge in [0.2, 0.25) is 0 Å².